The highest BCUT2D eigenvalue weighted by Gasteiger charge is 2.05. The first-order chi connectivity index (χ1) is 12.1. The van der Waals surface area contributed by atoms with Gasteiger partial charge in [0.25, 0.3) is 0 Å². The highest BCUT2D eigenvalue weighted by Crippen LogP contribution is 2.13. The lowest BCUT2D eigenvalue weighted by Crippen LogP contribution is -2.23. The maximum Gasteiger partial charge on any atom is 0.225 e. The molecule has 0 saturated carbocycles. The van der Waals surface area contributed by atoms with E-state index in [2.05, 4.69) is 16.7 Å². The quantitative estimate of drug-likeness (QED) is 0.544. The van der Waals surface area contributed by atoms with Crippen LogP contribution < -0.4 is 15.4 Å². The Hall–Kier alpha value is -2.66. The molecule has 2 N–H and O–H groups in total. The third kappa shape index (κ3) is 6.39. The maximum atomic E-state index is 12.0. The van der Waals surface area contributed by atoms with Crippen LogP contribution in [-0.4, -0.2) is 31.9 Å². The number of rotatable bonds is 9. The molecule has 0 radical (unpaired) electrons. The summed E-state index contributed by atoms with van der Waals surface area (Å²) in [5.41, 5.74) is 2.43. The first-order valence-corrected chi connectivity index (χ1v) is 8.33. The largest absolute Gasteiger partial charge is 0.497 e. The Bertz CT molecular complexity index is 728. The van der Waals surface area contributed by atoms with Gasteiger partial charge in [-0.05, 0) is 49.7 Å². The first kappa shape index (κ1) is 18.7. The van der Waals surface area contributed by atoms with Crippen LogP contribution in [0.4, 0.5) is 5.69 Å². The summed E-state index contributed by atoms with van der Waals surface area (Å²) in [7, 11) is 1.65. The molecular weight excluding hydrogens is 316 g/mol. The van der Waals surface area contributed by atoms with Crippen LogP contribution in [0, 0.1) is 0 Å². The van der Waals surface area contributed by atoms with E-state index >= 15 is 0 Å². The molecule has 0 bridgehead atoms. The minimum atomic E-state index is -0.0745. The van der Waals surface area contributed by atoms with Crippen LogP contribution in [0.3, 0.4) is 0 Å². The highest BCUT2D eigenvalue weighted by atomic mass is 16.5. The third-order valence-corrected chi connectivity index (χ3v) is 3.81. The van der Waals surface area contributed by atoms with Gasteiger partial charge in [-0.2, -0.15) is 0 Å². The lowest BCUT2D eigenvalue weighted by molar-refractivity contribution is -0.116. The molecule has 0 spiro atoms. The molecular formula is C20H24N2O3. The van der Waals surface area contributed by atoms with E-state index in [0.717, 1.165) is 18.7 Å². The predicted octanol–water partition coefficient (Wildman–Crippen LogP) is 3.06. The van der Waals surface area contributed by atoms with Crippen molar-refractivity contribution in [1.29, 1.82) is 0 Å². The van der Waals surface area contributed by atoms with Gasteiger partial charge in [-0.15, -0.1) is 0 Å². The number of anilines is 1. The number of benzene rings is 2. The van der Waals surface area contributed by atoms with Gasteiger partial charge in [-0.25, -0.2) is 0 Å². The summed E-state index contributed by atoms with van der Waals surface area (Å²) < 4.78 is 5.20. The summed E-state index contributed by atoms with van der Waals surface area (Å²) in [6.07, 6.45) is 1.25. The van der Waals surface area contributed by atoms with Crippen molar-refractivity contribution in [3.63, 3.8) is 0 Å². The summed E-state index contributed by atoms with van der Waals surface area (Å²) in [5.74, 6) is 0.759. The number of carbonyl (C=O) groups excluding carboxylic acids is 2. The number of hydrogen-bond acceptors (Lipinski definition) is 4. The van der Waals surface area contributed by atoms with Crippen LogP contribution >= 0.6 is 0 Å². The molecule has 0 aliphatic carbocycles. The van der Waals surface area contributed by atoms with E-state index in [1.54, 1.807) is 31.4 Å². The fourth-order valence-electron chi connectivity index (χ4n) is 2.43. The minimum absolute atomic E-state index is 0.0182. The van der Waals surface area contributed by atoms with Gasteiger partial charge in [0.2, 0.25) is 5.91 Å². The van der Waals surface area contributed by atoms with Gasteiger partial charge >= 0.3 is 0 Å². The Morgan fingerprint density at radius 3 is 2.60 bits per heavy atom. The minimum Gasteiger partial charge on any atom is -0.497 e. The highest BCUT2D eigenvalue weighted by molar-refractivity contribution is 5.97. The van der Waals surface area contributed by atoms with Crippen LogP contribution in [0.15, 0.2) is 48.5 Å². The lowest BCUT2D eigenvalue weighted by atomic mass is 10.1. The number of methoxy groups -OCH3 is 1. The van der Waals surface area contributed by atoms with Gasteiger partial charge in [0.05, 0.1) is 7.11 Å². The zero-order chi connectivity index (χ0) is 18.1. The van der Waals surface area contributed by atoms with Gasteiger partial charge in [-0.1, -0.05) is 24.3 Å². The Kier molecular flexibility index (Phi) is 7.16. The number of hydrogen-bond donors (Lipinski definition) is 2. The van der Waals surface area contributed by atoms with E-state index < -0.39 is 0 Å². The van der Waals surface area contributed by atoms with Crippen LogP contribution in [-0.2, 0) is 11.2 Å². The van der Waals surface area contributed by atoms with E-state index in [-0.39, 0.29) is 11.7 Å². The average Bonchev–Trinajstić information content (AvgIpc) is 2.61. The van der Waals surface area contributed by atoms with Gasteiger partial charge in [0, 0.05) is 24.2 Å². The molecule has 2 aromatic carbocycles. The molecule has 1 amide bonds. The molecule has 5 nitrogen and oxygen atoms in total. The smallest absolute Gasteiger partial charge is 0.225 e. The molecule has 2 rings (SSSR count). The summed E-state index contributed by atoms with van der Waals surface area (Å²) in [4.78, 5) is 23.3. The van der Waals surface area contributed by atoms with Crippen molar-refractivity contribution in [2.24, 2.45) is 0 Å². The third-order valence-electron chi connectivity index (χ3n) is 3.81. The van der Waals surface area contributed by atoms with Crippen molar-refractivity contribution < 1.29 is 14.3 Å². The Balaban J connectivity index is 1.68. The summed E-state index contributed by atoms with van der Waals surface area (Å²) in [5, 5.41) is 6.08. The predicted molar refractivity (Wildman–Crippen MR) is 99.3 cm³/mol. The Morgan fingerprint density at radius 2 is 1.84 bits per heavy atom. The summed E-state index contributed by atoms with van der Waals surface area (Å²) >= 11 is 0. The number of amides is 1. The maximum absolute atomic E-state index is 12.0. The van der Waals surface area contributed by atoms with Crippen molar-refractivity contribution in [2.75, 3.05) is 25.5 Å². The van der Waals surface area contributed by atoms with Gasteiger partial charge < -0.3 is 15.4 Å². The molecule has 0 fully saturated rings. The molecule has 0 atom stereocenters. The topological polar surface area (TPSA) is 67.4 Å². The van der Waals surface area contributed by atoms with Crippen LogP contribution in [0.5, 0.6) is 5.75 Å². The molecule has 0 saturated heterocycles. The molecule has 132 valence electrons. The van der Waals surface area contributed by atoms with E-state index in [1.807, 2.05) is 18.2 Å². The molecule has 2 aromatic rings. The molecule has 0 aliphatic heterocycles. The molecule has 0 aromatic heterocycles. The number of nitrogens with one attached hydrogen (secondary N) is 2. The zero-order valence-corrected chi connectivity index (χ0v) is 14.7. The lowest BCUT2D eigenvalue weighted by Gasteiger charge is -2.08. The zero-order valence-electron chi connectivity index (χ0n) is 14.7. The van der Waals surface area contributed by atoms with Crippen LogP contribution in [0.1, 0.15) is 29.3 Å². The molecule has 0 unspecified atom stereocenters. The van der Waals surface area contributed by atoms with Crippen LogP contribution in [0.25, 0.3) is 0 Å². The van der Waals surface area contributed by atoms with Crippen molar-refractivity contribution in [3.8, 4) is 5.75 Å². The van der Waals surface area contributed by atoms with Gasteiger partial charge in [0.1, 0.15) is 5.75 Å². The number of ketones is 1. The van der Waals surface area contributed by atoms with E-state index in [0.29, 0.717) is 24.2 Å². The fraction of sp³-hybridized carbons (Fsp3) is 0.300. The summed E-state index contributed by atoms with van der Waals surface area (Å²) in [6.45, 7) is 2.90. The van der Waals surface area contributed by atoms with Crippen LogP contribution in [0.2, 0.25) is 0 Å². The van der Waals surface area contributed by atoms with Gasteiger partial charge in [0.15, 0.2) is 5.78 Å². The second-order valence-electron chi connectivity index (χ2n) is 5.79. The summed E-state index contributed by atoms with van der Waals surface area (Å²) in [6, 6.07) is 14.9. The van der Waals surface area contributed by atoms with Crippen molar-refractivity contribution in [3.05, 3.63) is 59.7 Å². The first-order valence-electron chi connectivity index (χ1n) is 8.33. The fourth-order valence-corrected chi connectivity index (χ4v) is 2.43. The monoisotopic (exact) mass is 340 g/mol. The normalized spacial score (nSPS) is 10.3. The van der Waals surface area contributed by atoms with Crippen molar-refractivity contribution in [1.82, 2.24) is 5.32 Å². The average molecular weight is 340 g/mol. The molecule has 0 aliphatic rings. The standard InChI is InChI=1S/C20H24N2O3/c1-15(23)17-6-4-7-18(14-17)22-20(24)10-12-21-11-9-16-5-3-8-19(13-16)25-2/h3-8,13-14,21H,9-12H2,1-2H3,(H,22,24). The van der Waals surface area contributed by atoms with E-state index in [9.17, 15) is 9.59 Å². The molecule has 0 heterocycles. The number of carbonyl (C=O) groups is 2. The SMILES string of the molecule is COc1cccc(CCNCCC(=O)Nc2cccc(C(C)=O)c2)c1. The Labute approximate surface area is 148 Å². The van der Waals surface area contributed by atoms with E-state index in [4.69, 9.17) is 4.74 Å². The molecule has 5 heteroatoms. The Morgan fingerprint density at radius 1 is 1.04 bits per heavy atom. The van der Waals surface area contributed by atoms with E-state index in [1.165, 1.54) is 12.5 Å². The number of ether oxygens (including phenoxy) is 1. The molecule has 25 heavy (non-hydrogen) atoms. The van der Waals surface area contributed by atoms with Crippen molar-refractivity contribution in [2.45, 2.75) is 19.8 Å². The van der Waals surface area contributed by atoms with Gasteiger partial charge in [-0.3, -0.25) is 9.59 Å². The second kappa shape index (κ2) is 9.59. The number of Topliss-reactive ketones (excluding diaryl/α,β-unsaturated/α-hetero) is 1. The van der Waals surface area contributed by atoms with Crippen molar-refractivity contribution >= 4 is 17.4 Å². The second-order valence-corrected chi connectivity index (χ2v) is 5.79.